The first-order valence-corrected chi connectivity index (χ1v) is 20.1. The predicted molar refractivity (Wildman–Crippen MR) is 212 cm³/mol. The molecule has 0 rings (SSSR count). The topological polar surface area (TPSA) is 92.7 Å². The summed E-state index contributed by atoms with van der Waals surface area (Å²) in [7, 11) is 0. The SMILES string of the molecule is CC/C=C\C/C=C\C/C=C\C/C=C\CCCCCCCCC(=O)OC(/C=C\C/C=C\CCCCC)CCCCCCCCC(=O)NCC(=O)O. The Morgan fingerprint density at radius 1 is 0.560 bits per heavy atom. The number of ether oxygens (including phenoxy) is 1. The van der Waals surface area contributed by atoms with Crippen LogP contribution in [0.5, 0.6) is 0 Å². The van der Waals surface area contributed by atoms with Crippen LogP contribution in [-0.2, 0) is 19.1 Å². The van der Waals surface area contributed by atoms with Crippen molar-refractivity contribution in [3.63, 3.8) is 0 Å². The lowest BCUT2D eigenvalue weighted by Crippen LogP contribution is -2.28. The number of unbranched alkanes of at least 4 members (excludes halogenated alkanes) is 14. The van der Waals surface area contributed by atoms with Gasteiger partial charge >= 0.3 is 11.9 Å². The summed E-state index contributed by atoms with van der Waals surface area (Å²) in [5.74, 6) is -1.31. The van der Waals surface area contributed by atoms with E-state index in [1.807, 2.05) is 0 Å². The van der Waals surface area contributed by atoms with Crippen LogP contribution >= 0.6 is 0 Å². The molecule has 50 heavy (non-hydrogen) atoms. The number of hydrogen-bond donors (Lipinski definition) is 2. The zero-order valence-corrected chi connectivity index (χ0v) is 32.0. The van der Waals surface area contributed by atoms with Crippen molar-refractivity contribution in [2.75, 3.05) is 6.54 Å². The van der Waals surface area contributed by atoms with E-state index in [1.165, 1.54) is 44.9 Å². The van der Waals surface area contributed by atoms with Crippen molar-refractivity contribution in [2.24, 2.45) is 0 Å². The number of allylic oxidation sites excluding steroid dienone is 11. The maximum absolute atomic E-state index is 12.7. The van der Waals surface area contributed by atoms with Gasteiger partial charge in [-0.05, 0) is 89.5 Å². The van der Waals surface area contributed by atoms with Crippen molar-refractivity contribution < 1.29 is 24.2 Å². The normalized spacial score (nSPS) is 12.8. The maximum Gasteiger partial charge on any atom is 0.322 e. The van der Waals surface area contributed by atoms with Crippen molar-refractivity contribution in [1.82, 2.24) is 5.32 Å². The van der Waals surface area contributed by atoms with Crippen LogP contribution in [0, 0.1) is 0 Å². The van der Waals surface area contributed by atoms with Crippen LogP contribution in [-0.4, -0.2) is 35.6 Å². The van der Waals surface area contributed by atoms with Gasteiger partial charge in [0.2, 0.25) is 5.91 Å². The first-order valence-electron chi connectivity index (χ1n) is 20.1. The van der Waals surface area contributed by atoms with E-state index in [2.05, 4.69) is 92.1 Å². The van der Waals surface area contributed by atoms with Crippen LogP contribution in [0.4, 0.5) is 0 Å². The molecule has 0 saturated heterocycles. The van der Waals surface area contributed by atoms with Gasteiger partial charge in [0.25, 0.3) is 0 Å². The summed E-state index contributed by atoms with van der Waals surface area (Å²) >= 11 is 0. The van der Waals surface area contributed by atoms with Gasteiger partial charge in [0.05, 0.1) is 0 Å². The van der Waals surface area contributed by atoms with E-state index in [-0.39, 0.29) is 24.5 Å². The molecule has 6 nitrogen and oxygen atoms in total. The van der Waals surface area contributed by atoms with Gasteiger partial charge in [-0.15, -0.1) is 0 Å². The van der Waals surface area contributed by atoms with Crippen LogP contribution in [0.25, 0.3) is 0 Å². The Morgan fingerprint density at radius 2 is 1.04 bits per heavy atom. The van der Waals surface area contributed by atoms with Crippen molar-refractivity contribution in [1.29, 1.82) is 0 Å². The zero-order chi connectivity index (χ0) is 36.6. The zero-order valence-electron chi connectivity index (χ0n) is 32.0. The van der Waals surface area contributed by atoms with Crippen LogP contribution in [0.15, 0.2) is 72.9 Å². The minimum absolute atomic E-state index is 0.0877. The minimum Gasteiger partial charge on any atom is -0.480 e. The second-order valence-corrected chi connectivity index (χ2v) is 13.2. The first kappa shape index (κ1) is 46.9. The molecule has 1 atom stereocenters. The summed E-state index contributed by atoms with van der Waals surface area (Å²) in [6.45, 7) is 4.06. The minimum atomic E-state index is -1.02. The molecule has 0 bridgehead atoms. The first-order chi connectivity index (χ1) is 24.5. The number of hydrogen-bond acceptors (Lipinski definition) is 4. The highest BCUT2D eigenvalue weighted by Crippen LogP contribution is 2.15. The summed E-state index contributed by atoms with van der Waals surface area (Å²) in [6, 6.07) is 0. The highest BCUT2D eigenvalue weighted by atomic mass is 16.5. The third kappa shape index (κ3) is 37.7. The lowest BCUT2D eigenvalue weighted by molar-refractivity contribution is -0.147. The molecule has 1 unspecified atom stereocenters. The Morgan fingerprint density at radius 3 is 1.62 bits per heavy atom. The summed E-state index contributed by atoms with van der Waals surface area (Å²) in [6.07, 6.45) is 51.8. The smallest absolute Gasteiger partial charge is 0.322 e. The van der Waals surface area contributed by atoms with Gasteiger partial charge in [-0.2, -0.15) is 0 Å². The highest BCUT2D eigenvalue weighted by Gasteiger charge is 2.11. The van der Waals surface area contributed by atoms with Crippen molar-refractivity contribution in [2.45, 2.75) is 180 Å². The number of carbonyl (C=O) groups is 3. The number of carboxylic acids is 1. The Labute approximate surface area is 306 Å². The molecule has 0 fully saturated rings. The quantitative estimate of drug-likeness (QED) is 0.0391. The van der Waals surface area contributed by atoms with E-state index in [4.69, 9.17) is 9.84 Å². The Hall–Kier alpha value is -3.15. The molecule has 284 valence electrons. The van der Waals surface area contributed by atoms with E-state index in [0.717, 1.165) is 103 Å². The molecule has 0 aromatic carbocycles. The summed E-state index contributed by atoms with van der Waals surface area (Å²) in [5.41, 5.74) is 0. The standard InChI is InChI=1S/C44H73NO5/c1-3-5-7-9-11-13-14-15-16-17-18-19-20-21-22-23-25-31-35-39-44(49)50-41(36-32-28-24-12-10-8-6-4-2)37-33-29-26-27-30-34-38-42(46)45-40-43(47)48/h5,7,11-13,15-16,18-19,24,32,36,41H,3-4,6,8-10,14,17,20-23,25-31,33-35,37-40H2,1-2H3,(H,45,46)(H,47,48)/b7-5-,13-11-,16-15-,19-18-,24-12-,36-32-. The Bertz CT molecular complexity index is 990. The summed E-state index contributed by atoms with van der Waals surface area (Å²) in [4.78, 5) is 34.8. The van der Waals surface area contributed by atoms with Crippen molar-refractivity contribution in [3.8, 4) is 0 Å². The van der Waals surface area contributed by atoms with Crippen LogP contribution in [0.2, 0.25) is 0 Å². The van der Waals surface area contributed by atoms with Gasteiger partial charge in [-0.3, -0.25) is 14.4 Å². The maximum atomic E-state index is 12.7. The van der Waals surface area contributed by atoms with Gasteiger partial charge in [-0.1, -0.05) is 145 Å². The van der Waals surface area contributed by atoms with Gasteiger partial charge < -0.3 is 15.2 Å². The van der Waals surface area contributed by atoms with E-state index >= 15 is 0 Å². The van der Waals surface area contributed by atoms with Crippen LogP contribution < -0.4 is 5.32 Å². The lowest BCUT2D eigenvalue weighted by Gasteiger charge is -2.14. The second kappa shape index (κ2) is 38.6. The number of esters is 1. The lowest BCUT2D eigenvalue weighted by atomic mass is 10.1. The molecule has 0 radical (unpaired) electrons. The number of nitrogens with one attached hydrogen (secondary N) is 1. The molecule has 0 aliphatic carbocycles. The molecule has 2 N–H and O–H groups in total. The molecule has 0 aromatic rings. The fourth-order valence-corrected chi connectivity index (χ4v) is 5.39. The molecular weight excluding hydrogens is 622 g/mol. The van der Waals surface area contributed by atoms with Crippen LogP contribution in [0.1, 0.15) is 174 Å². The van der Waals surface area contributed by atoms with E-state index < -0.39 is 5.97 Å². The molecule has 1 amide bonds. The molecule has 0 spiro atoms. The molecule has 0 heterocycles. The molecular formula is C44H73NO5. The van der Waals surface area contributed by atoms with E-state index in [1.54, 1.807) is 0 Å². The molecule has 0 aliphatic rings. The largest absolute Gasteiger partial charge is 0.480 e. The fourth-order valence-electron chi connectivity index (χ4n) is 5.39. The van der Waals surface area contributed by atoms with Crippen molar-refractivity contribution in [3.05, 3.63) is 72.9 Å². The molecule has 0 saturated carbocycles. The van der Waals surface area contributed by atoms with E-state index in [0.29, 0.717) is 12.8 Å². The average Bonchev–Trinajstić information content (AvgIpc) is 3.10. The number of rotatable bonds is 35. The van der Waals surface area contributed by atoms with Gasteiger partial charge in [0, 0.05) is 12.8 Å². The van der Waals surface area contributed by atoms with Gasteiger partial charge in [0.15, 0.2) is 0 Å². The fraction of sp³-hybridized carbons (Fsp3) is 0.659. The number of aliphatic carboxylic acids is 1. The molecule has 0 aromatic heterocycles. The van der Waals surface area contributed by atoms with Crippen LogP contribution in [0.3, 0.4) is 0 Å². The molecule has 6 heteroatoms. The summed E-state index contributed by atoms with van der Waals surface area (Å²) < 4.78 is 5.90. The third-order valence-electron chi connectivity index (χ3n) is 8.35. The van der Waals surface area contributed by atoms with E-state index in [9.17, 15) is 14.4 Å². The van der Waals surface area contributed by atoms with Crippen molar-refractivity contribution >= 4 is 17.8 Å². The second-order valence-electron chi connectivity index (χ2n) is 13.2. The predicted octanol–water partition coefficient (Wildman–Crippen LogP) is 12.2. The highest BCUT2D eigenvalue weighted by molar-refractivity contribution is 5.80. The third-order valence-corrected chi connectivity index (χ3v) is 8.35. The van der Waals surface area contributed by atoms with Gasteiger partial charge in [0.1, 0.15) is 12.6 Å². The monoisotopic (exact) mass is 696 g/mol. The average molecular weight is 696 g/mol. The number of carbonyl (C=O) groups excluding carboxylic acids is 2. The Balaban J connectivity index is 4.17. The summed E-state index contributed by atoms with van der Waals surface area (Å²) in [5, 5.41) is 11.0. The van der Waals surface area contributed by atoms with Gasteiger partial charge in [-0.25, -0.2) is 0 Å². The Kier molecular flexibility index (Phi) is 36.2. The number of carboxylic acid groups (broad SMARTS) is 1. The molecule has 0 aliphatic heterocycles. The number of amides is 1.